The molecule has 0 fully saturated rings. The van der Waals surface area contributed by atoms with Crippen LogP contribution in [-0.4, -0.2) is 21.3 Å². The Morgan fingerprint density at radius 1 is 1.31 bits per heavy atom. The van der Waals surface area contributed by atoms with E-state index >= 15 is 0 Å². The molecule has 0 aliphatic carbocycles. The molecule has 0 saturated heterocycles. The minimum absolute atomic E-state index is 0.775. The van der Waals surface area contributed by atoms with Crippen LogP contribution in [0.5, 0.6) is 0 Å². The summed E-state index contributed by atoms with van der Waals surface area (Å²) in [6, 6.07) is 7.67. The maximum atomic E-state index is 5.60. The van der Waals surface area contributed by atoms with E-state index in [1.807, 2.05) is 31.3 Å². The highest BCUT2D eigenvalue weighted by Gasteiger charge is 1.98. The van der Waals surface area contributed by atoms with Crippen molar-refractivity contribution in [3.8, 4) is 0 Å². The lowest BCUT2D eigenvalue weighted by Gasteiger charge is -2.04. The number of hydrogen-bond acceptors (Lipinski definition) is 4. The van der Waals surface area contributed by atoms with Crippen molar-refractivity contribution >= 4 is 11.4 Å². The molecule has 0 radical (unpaired) electrons. The standard InChI is InChI=1S/C11H15N5/c1-16-8-14-11(15-16)6-7-13-10-4-2-9(12)3-5-10/h2-5,8,13H,6-7,12H2,1H3. The normalized spacial score (nSPS) is 10.3. The van der Waals surface area contributed by atoms with E-state index in [2.05, 4.69) is 15.4 Å². The number of anilines is 2. The first kappa shape index (κ1) is 10.5. The third-order valence-electron chi connectivity index (χ3n) is 2.24. The van der Waals surface area contributed by atoms with E-state index in [1.54, 1.807) is 11.0 Å². The Balaban J connectivity index is 1.82. The Labute approximate surface area is 94.3 Å². The molecular formula is C11H15N5. The third-order valence-corrected chi connectivity index (χ3v) is 2.24. The number of aromatic nitrogens is 3. The summed E-state index contributed by atoms with van der Waals surface area (Å²) in [5.41, 5.74) is 7.43. The lowest BCUT2D eigenvalue weighted by atomic mass is 10.3. The minimum Gasteiger partial charge on any atom is -0.399 e. The van der Waals surface area contributed by atoms with Gasteiger partial charge in [-0.05, 0) is 24.3 Å². The first-order chi connectivity index (χ1) is 7.74. The Hall–Kier alpha value is -2.04. The number of benzene rings is 1. The minimum atomic E-state index is 0.775. The SMILES string of the molecule is Cn1cnc(CCNc2ccc(N)cc2)n1. The Morgan fingerprint density at radius 2 is 2.06 bits per heavy atom. The van der Waals surface area contributed by atoms with Crippen molar-refractivity contribution in [1.29, 1.82) is 0 Å². The summed E-state index contributed by atoms with van der Waals surface area (Å²) in [7, 11) is 1.86. The number of rotatable bonds is 4. The second-order valence-corrected chi connectivity index (χ2v) is 3.63. The van der Waals surface area contributed by atoms with Gasteiger partial charge in [0.25, 0.3) is 0 Å². The van der Waals surface area contributed by atoms with Gasteiger partial charge in [0.15, 0.2) is 5.82 Å². The molecule has 1 heterocycles. The van der Waals surface area contributed by atoms with Gasteiger partial charge in [-0.25, -0.2) is 4.98 Å². The number of nitrogens with zero attached hydrogens (tertiary/aromatic N) is 3. The molecule has 84 valence electrons. The fourth-order valence-corrected chi connectivity index (χ4v) is 1.42. The Morgan fingerprint density at radius 3 is 2.69 bits per heavy atom. The maximum absolute atomic E-state index is 5.60. The van der Waals surface area contributed by atoms with E-state index in [9.17, 15) is 0 Å². The van der Waals surface area contributed by atoms with Crippen molar-refractivity contribution in [1.82, 2.24) is 14.8 Å². The summed E-state index contributed by atoms with van der Waals surface area (Å²) in [6.07, 6.45) is 2.52. The second-order valence-electron chi connectivity index (χ2n) is 3.63. The molecule has 16 heavy (non-hydrogen) atoms. The smallest absolute Gasteiger partial charge is 0.152 e. The van der Waals surface area contributed by atoms with Crippen molar-refractivity contribution in [3.05, 3.63) is 36.4 Å². The van der Waals surface area contributed by atoms with Gasteiger partial charge in [-0.2, -0.15) is 5.10 Å². The van der Waals surface area contributed by atoms with Crippen molar-refractivity contribution in [2.75, 3.05) is 17.6 Å². The van der Waals surface area contributed by atoms with Crippen LogP contribution in [0.4, 0.5) is 11.4 Å². The highest BCUT2D eigenvalue weighted by Crippen LogP contribution is 2.10. The lowest BCUT2D eigenvalue weighted by Crippen LogP contribution is -2.06. The topological polar surface area (TPSA) is 68.8 Å². The Kier molecular flexibility index (Phi) is 3.05. The molecule has 0 saturated carbocycles. The van der Waals surface area contributed by atoms with Crippen LogP contribution in [0.1, 0.15) is 5.82 Å². The number of nitrogens with two attached hydrogens (primary N) is 1. The molecule has 2 rings (SSSR count). The molecule has 5 heteroatoms. The van der Waals surface area contributed by atoms with E-state index in [4.69, 9.17) is 5.73 Å². The van der Waals surface area contributed by atoms with Crippen molar-refractivity contribution in [3.63, 3.8) is 0 Å². The molecule has 0 aliphatic heterocycles. The average molecular weight is 217 g/mol. The zero-order valence-corrected chi connectivity index (χ0v) is 9.22. The summed E-state index contributed by atoms with van der Waals surface area (Å²) in [5.74, 6) is 0.852. The monoisotopic (exact) mass is 217 g/mol. The summed E-state index contributed by atoms with van der Waals surface area (Å²) >= 11 is 0. The summed E-state index contributed by atoms with van der Waals surface area (Å²) in [5, 5.41) is 7.49. The molecule has 5 nitrogen and oxygen atoms in total. The zero-order chi connectivity index (χ0) is 11.4. The molecule has 1 aromatic carbocycles. The van der Waals surface area contributed by atoms with Gasteiger partial charge >= 0.3 is 0 Å². The summed E-state index contributed by atoms with van der Waals surface area (Å²) in [6.45, 7) is 0.813. The van der Waals surface area contributed by atoms with Crippen molar-refractivity contribution < 1.29 is 0 Å². The van der Waals surface area contributed by atoms with Crippen LogP contribution in [-0.2, 0) is 13.5 Å². The average Bonchev–Trinajstić information content (AvgIpc) is 2.67. The predicted molar refractivity (Wildman–Crippen MR) is 64.1 cm³/mol. The quantitative estimate of drug-likeness (QED) is 0.751. The van der Waals surface area contributed by atoms with Gasteiger partial charge in [-0.15, -0.1) is 0 Å². The molecule has 0 bridgehead atoms. The molecule has 0 amide bonds. The third kappa shape index (κ3) is 2.73. The fourth-order valence-electron chi connectivity index (χ4n) is 1.42. The van der Waals surface area contributed by atoms with E-state index in [0.717, 1.165) is 30.2 Å². The van der Waals surface area contributed by atoms with Crippen LogP contribution in [0.15, 0.2) is 30.6 Å². The van der Waals surface area contributed by atoms with Gasteiger partial charge in [0.1, 0.15) is 6.33 Å². The van der Waals surface area contributed by atoms with Crippen LogP contribution >= 0.6 is 0 Å². The van der Waals surface area contributed by atoms with Gasteiger partial charge in [-0.3, -0.25) is 4.68 Å². The largest absolute Gasteiger partial charge is 0.399 e. The molecule has 1 aromatic heterocycles. The highest BCUT2D eigenvalue weighted by atomic mass is 15.3. The number of aryl methyl sites for hydroxylation is 1. The molecule has 0 atom stereocenters. The van der Waals surface area contributed by atoms with Crippen molar-refractivity contribution in [2.24, 2.45) is 7.05 Å². The summed E-state index contributed by atoms with van der Waals surface area (Å²) in [4.78, 5) is 4.15. The Bertz CT molecular complexity index is 446. The van der Waals surface area contributed by atoms with E-state index in [-0.39, 0.29) is 0 Å². The summed E-state index contributed by atoms with van der Waals surface area (Å²) < 4.78 is 1.71. The first-order valence-corrected chi connectivity index (χ1v) is 5.18. The molecular weight excluding hydrogens is 202 g/mol. The van der Waals surface area contributed by atoms with Gasteiger partial charge in [-0.1, -0.05) is 0 Å². The number of nitrogens with one attached hydrogen (secondary N) is 1. The van der Waals surface area contributed by atoms with Crippen LogP contribution in [0, 0.1) is 0 Å². The van der Waals surface area contributed by atoms with E-state index in [0.29, 0.717) is 0 Å². The molecule has 3 N–H and O–H groups in total. The van der Waals surface area contributed by atoms with Gasteiger partial charge in [0, 0.05) is 31.4 Å². The molecule has 0 aliphatic rings. The van der Waals surface area contributed by atoms with Gasteiger partial charge in [0.05, 0.1) is 0 Å². The lowest BCUT2D eigenvalue weighted by molar-refractivity contribution is 0.742. The molecule has 0 unspecified atom stereocenters. The molecule has 2 aromatic rings. The van der Waals surface area contributed by atoms with Gasteiger partial charge < -0.3 is 11.1 Å². The van der Waals surface area contributed by atoms with E-state index in [1.165, 1.54) is 0 Å². The highest BCUT2D eigenvalue weighted by molar-refractivity contribution is 5.51. The number of nitrogen functional groups attached to an aromatic ring is 1. The number of hydrogen-bond donors (Lipinski definition) is 2. The van der Waals surface area contributed by atoms with E-state index < -0.39 is 0 Å². The van der Waals surface area contributed by atoms with Crippen molar-refractivity contribution in [2.45, 2.75) is 6.42 Å². The van der Waals surface area contributed by atoms with Crippen LogP contribution in [0.3, 0.4) is 0 Å². The van der Waals surface area contributed by atoms with Crippen LogP contribution < -0.4 is 11.1 Å². The first-order valence-electron chi connectivity index (χ1n) is 5.18. The predicted octanol–water partition coefficient (Wildman–Crippen LogP) is 1.05. The van der Waals surface area contributed by atoms with Crippen LogP contribution in [0.25, 0.3) is 0 Å². The second kappa shape index (κ2) is 4.65. The van der Waals surface area contributed by atoms with Gasteiger partial charge in [0.2, 0.25) is 0 Å². The fraction of sp³-hybridized carbons (Fsp3) is 0.273. The zero-order valence-electron chi connectivity index (χ0n) is 9.22. The maximum Gasteiger partial charge on any atom is 0.152 e. The molecule has 0 spiro atoms. The van der Waals surface area contributed by atoms with Crippen LogP contribution in [0.2, 0.25) is 0 Å².